The van der Waals surface area contributed by atoms with E-state index in [4.69, 9.17) is 11.6 Å². The number of rotatable bonds is 2. The lowest BCUT2D eigenvalue weighted by Gasteiger charge is -2.03. The summed E-state index contributed by atoms with van der Waals surface area (Å²) < 4.78 is 0. The van der Waals surface area contributed by atoms with Gasteiger partial charge in [0.25, 0.3) is 0 Å². The molecule has 1 N–H and O–H groups in total. The van der Waals surface area contributed by atoms with Crippen molar-refractivity contribution in [1.29, 1.82) is 0 Å². The molecule has 3 heteroatoms. The van der Waals surface area contributed by atoms with Crippen molar-refractivity contribution in [2.24, 2.45) is 0 Å². The van der Waals surface area contributed by atoms with Crippen LogP contribution in [0.2, 0.25) is 5.02 Å². The molecule has 56 valence electrons. The third-order valence-corrected chi connectivity index (χ3v) is 2.79. The summed E-state index contributed by atoms with van der Waals surface area (Å²) in [7, 11) is 0. The van der Waals surface area contributed by atoms with Gasteiger partial charge in [-0.05, 0) is 17.9 Å². The van der Waals surface area contributed by atoms with E-state index < -0.39 is 0 Å². The zero-order chi connectivity index (χ0) is 7.56. The molecule has 0 spiro atoms. The maximum Gasteiger partial charge on any atom is 0.0894 e. The van der Waals surface area contributed by atoms with Gasteiger partial charge in [-0.3, -0.25) is 0 Å². The largest absolute Gasteiger partial charge is 0.388 e. The number of thiophene rings is 1. The van der Waals surface area contributed by atoms with Crippen LogP contribution < -0.4 is 0 Å². The van der Waals surface area contributed by atoms with Crippen molar-refractivity contribution in [3.05, 3.63) is 21.3 Å². The van der Waals surface area contributed by atoms with Crippen molar-refractivity contribution in [3.8, 4) is 0 Å². The van der Waals surface area contributed by atoms with Crippen LogP contribution in [-0.4, -0.2) is 5.11 Å². The Morgan fingerprint density at radius 3 is 2.90 bits per heavy atom. The zero-order valence-corrected chi connectivity index (χ0v) is 7.25. The number of aliphatic hydroxyl groups is 1. The first kappa shape index (κ1) is 8.05. The van der Waals surface area contributed by atoms with Gasteiger partial charge in [-0.25, -0.2) is 0 Å². The number of aliphatic hydroxyl groups excluding tert-OH is 1. The number of halogens is 1. The molecule has 1 aromatic heterocycles. The predicted molar refractivity (Wildman–Crippen MR) is 44.6 cm³/mol. The lowest BCUT2D eigenvalue weighted by molar-refractivity contribution is 0.177. The highest BCUT2D eigenvalue weighted by atomic mass is 35.5. The molecule has 0 saturated heterocycles. The highest BCUT2D eigenvalue weighted by molar-refractivity contribution is 7.10. The molecule has 0 aliphatic rings. The van der Waals surface area contributed by atoms with Crippen LogP contribution in [0, 0.1) is 0 Å². The van der Waals surface area contributed by atoms with Crippen molar-refractivity contribution < 1.29 is 5.11 Å². The smallest absolute Gasteiger partial charge is 0.0894 e. The minimum Gasteiger partial charge on any atom is -0.388 e. The molecule has 0 radical (unpaired) electrons. The molecule has 1 nitrogen and oxygen atoms in total. The molecule has 0 aliphatic carbocycles. The van der Waals surface area contributed by atoms with Gasteiger partial charge < -0.3 is 5.11 Å². The Bertz CT molecular complexity index is 209. The first-order chi connectivity index (χ1) is 4.75. The van der Waals surface area contributed by atoms with Crippen molar-refractivity contribution >= 4 is 22.9 Å². The monoisotopic (exact) mass is 176 g/mol. The van der Waals surface area contributed by atoms with Crippen LogP contribution in [0.1, 0.15) is 24.3 Å². The summed E-state index contributed by atoms with van der Waals surface area (Å²) in [6.45, 7) is 1.93. The molecule has 0 aliphatic heterocycles. The van der Waals surface area contributed by atoms with Crippen LogP contribution in [0.5, 0.6) is 0 Å². The molecule has 1 aromatic rings. The van der Waals surface area contributed by atoms with Crippen molar-refractivity contribution in [3.63, 3.8) is 0 Å². The second kappa shape index (κ2) is 3.37. The predicted octanol–water partition coefficient (Wildman–Crippen LogP) is 2.84. The summed E-state index contributed by atoms with van der Waals surface area (Å²) in [6, 6.07) is 1.81. The van der Waals surface area contributed by atoms with E-state index in [2.05, 4.69) is 0 Å². The van der Waals surface area contributed by atoms with E-state index in [1.54, 1.807) is 6.07 Å². The van der Waals surface area contributed by atoms with Crippen LogP contribution in [0.4, 0.5) is 0 Å². The third kappa shape index (κ3) is 1.51. The number of hydrogen-bond donors (Lipinski definition) is 1. The molecular weight excluding hydrogens is 168 g/mol. The Labute approximate surface area is 69.3 Å². The average molecular weight is 177 g/mol. The minimum absolute atomic E-state index is 0.382. The first-order valence-electron chi connectivity index (χ1n) is 3.16. The van der Waals surface area contributed by atoms with Gasteiger partial charge in [0.1, 0.15) is 0 Å². The van der Waals surface area contributed by atoms with Gasteiger partial charge in [0, 0.05) is 0 Å². The topological polar surface area (TPSA) is 20.2 Å². The standard InChI is InChI=1S/C7H9ClOS/c1-2-6(9)7-5(8)3-4-10-7/h3-4,6,9H,2H2,1H3/t6-/m1/s1. The van der Waals surface area contributed by atoms with Crippen LogP contribution in [0.3, 0.4) is 0 Å². The molecule has 1 heterocycles. The van der Waals surface area contributed by atoms with Crippen LogP contribution in [0.25, 0.3) is 0 Å². The van der Waals surface area contributed by atoms with E-state index in [9.17, 15) is 5.11 Å². The summed E-state index contributed by atoms with van der Waals surface area (Å²) in [6.07, 6.45) is 0.341. The van der Waals surface area contributed by atoms with Crippen molar-refractivity contribution in [2.45, 2.75) is 19.4 Å². The van der Waals surface area contributed by atoms with E-state index in [1.165, 1.54) is 11.3 Å². The fourth-order valence-corrected chi connectivity index (χ4v) is 1.98. The Morgan fingerprint density at radius 2 is 2.50 bits per heavy atom. The van der Waals surface area contributed by atoms with E-state index in [1.807, 2.05) is 12.3 Å². The van der Waals surface area contributed by atoms with E-state index >= 15 is 0 Å². The highest BCUT2D eigenvalue weighted by Gasteiger charge is 2.09. The maximum absolute atomic E-state index is 9.32. The Hall–Kier alpha value is -0.0500. The van der Waals surface area contributed by atoms with Gasteiger partial charge in [0.2, 0.25) is 0 Å². The SMILES string of the molecule is CC[C@@H](O)c1sccc1Cl. The van der Waals surface area contributed by atoms with Crippen LogP contribution in [0.15, 0.2) is 11.4 Å². The fourth-order valence-electron chi connectivity index (χ4n) is 0.729. The summed E-state index contributed by atoms with van der Waals surface area (Å²) in [5.41, 5.74) is 0. The molecule has 0 fully saturated rings. The lowest BCUT2D eigenvalue weighted by atomic mass is 10.2. The Balaban J connectivity index is 2.82. The first-order valence-corrected chi connectivity index (χ1v) is 4.42. The summed E-state index contributed by atoms with van der Waals surface area (Å²) >= 11 is 7.26. The third-order valence-electron chi connectivity index (χ3n) is 1.33. The maximum atomic E-state index is 9.32. The molecule has 0 unspecified atom stereocenters. The second-order valence-corrected chi connectivity index (χ2v) is 3.41. The highest BCUT2D eigenvalue weighted by Crippen LogP contribution is 2.29. The van der Waals surface area contributed by atoms with E-state index in [-0.39, 0.29) is 6.10 Å². The van der Waals surface area contributed by atoms with E-state index in [0.29, 0.717) is 5.02 Å². The van der Waals surface area contributed by atoms with Gasteiger partial charge >= 0.3 is 0 Å². The molecule has 1 atom stereocenters. The molecular formula is C7H9ClOS. The van der Waals surface area contributed by atoms with Gasteiger partial charge in [0.15, 0.2) is 0 Å². The van der Waals surface area contributed by atoms with Crippen LogP contribution in [-0.2, 0) is 0 Å². The van der Waals surface area contributed by atoms with Gasteiger partial charge in [0.05, 0.1) is 16.0 Å². The van der Waals surface area contributed by atoms with Gasteiger partial charge in [-0.15, -0.1) is 11.3 Å². The molecule has 10 heavy (non-hydrogen) atoms. The molecule has 0 bridgehead atoms. The Morgan fingerprint density at radius 1 is 1.80 bits per heavy atom. The normalized spacial score (nSPS) is 13.5. The Kier molecular flexibility index (Phi) is 2.72. The van der Waals surface area contributed by atoms with Crippen molar-refractivity contribution in [1.82, 2.24) is 0 Å². The molecule has 0 aromatic carbocycles. The van der Waals surface area contributed by atoms with Gasteiger partial charge in [-0.2, -0.15) is 0 Å². The van der Waals surface area contributed by atoms with E-state index in [0.717, 1.165) is 11.3 Å². The average Bonchev–Trinajstić information content (AvgIpc) is 2.34. The molecule has 0 amide bonds. The summed E-state index contributed by atoms with van der Waals surface area (Å²) in [5, 5.41) is 11.9. The summed E-state index contributed by atoms with van der Waals surface area (Å²) in [4.78, 5) is 0.879. The fraction of sp³-hybridized carbons (Fsp3) is 0.429. The second-order valence-electron chi connectivity index (χ2n) is 2.06. The zero-order valence-electron chi connectivity index (χ0n) is 5.67. The summed E-state index contributed by atoms with van der Waals surface area (Å²) in [5.74, 6) is 0. The number of hydrogen-bond acceptors (Lipinski definition) is 2. The van der Waals surface area contributed by atoms with Crippen LogP contribution >= 0.6 is 22.9 Å². The lowest BCUT2D eigenvalue weighted by Crippen LogP contribution is -1.90. The molecule has 0 saturated carbocycles. The van der Waals surface area contributed by atoms with Gasteiger partial charge in [-0.1, -0.05) is 18.5 Å². The quantitative estimate of drug-likeness (QED) is 0.735. The minimum atomic E-state index is -0.382. The van der Waals surface area contributed by atoms with Crippen molar-refractivity contribution in [2.75, 3.05) is 0 Å². The molecule has 1 rings (SSSR count).